The standard InChI is InChI=1S/C25H22O.C2H6/c1-17-10-11-18-6-2-4-8-22(18)24(17)25-20(14-15-21-16-26-21)13-12-19-7-3-5-9-23(19)25;1-2/h2-13,21H,14-16H2,1H3;1-2H3. The van der Waals surface area contributed by atoms with E-state index in [1.54, 1.807) is 0 Å². The number of fused-ring (bicyclic) bond motifs is 2. The summed E-state index contributed by atoms with van der Waals surface area (Å²) in [6.45, 7) is 7.16. The molecule has 0 amide bonds. The molecule has 4 aromatic carbocycles. The first-order chi connectivity index (χ1) is 13.8. The second-order valence-corrected chi connectivity index (χ2v) is 7.29. The molecule has 0 N–H and O–H groups in total. The Hall–Kier alpha value is -2.64. The van der Waals surface area contributed by atoms with Crippen LogP contribution in [0.2, 0.25) is 0 Å². The maximum atomic E-state index is 5.46. The van der Waals surface area contributed by atoms with E-state index in [1.165, 1.54) is 43.8 Å². The van der Waals surface area contributed by atoms with Crippen molar-refractivity contribution in [2.45, 2.75) is 39.7 Å². The van der Waals surface area contributed by atoms with E-state index in [9.17, 15) is 0 Å². The summed E-state index contributed by atoms with van der Waals surface area (Å²) >= 11 is 0. The van der Waals surface area contributed by atoms with Gasteiger partial charge < -0.3 is 4.74 Å². The summed E-state index contributed by atoms with van der Waals surface area (Å²) in [5.41, 5.74) is 5.55. The highest BCUT2D eigenvalue weighted by molar-refractivity contribution is 6.07. The van der Waals surface area contributed by atoms with E-state index in [-0.39, 0.29) is 0 Å². The van der Waals surface area contributed by atoms with Crippen LogP contribution in [0.3, 0.4) is 0 Å². The largest absolute Gasteiger partial charge is 0.373 e. The monoisotopic (exact) mass is 368 g/mol. The third-order valence-corrected chi connectivity index (χ3v) is 5.54. The Kier molecular flexibility index (Phi) is 5.45. The fourth-order valence-electron chi connectivity index (χ4n) is 4.08. The van der Waals surface area contributed by atoms with Gasteiger partial charge in [-0.15, -0.1) is 0 Å². The molecule has 5 rings (SSSR count). The van der Waals surface area contributed by atoms with Crippen molar-refractivity contribution in [3.8, 4) is 11.1 Å². The minimum absolute atomic E-state index is 0.461. The van der Waals surface area contributed by atoms with Crippen molar-refractivity contribution in [3.63, 3.8) is 0 Å². The van der Waals surface area contributed by atoms with Gasteiger partial charge in [0.1, 0.15) is 0 Å². The van der Waals surface area contributed by atoms with Crippen molar-refractivity contribution >= 4 is 21.5 Å². The van der Waals surface area contributed by atoms with E-state index in [2.05, 4.69) is 79.7 Å². The average molecular weight is 369 g/mol. The third kappa shape index (κ3) is 3.55. The Balaban J connectivity index is 0.000000932. The first kappa shape index (κ1) is 18.7. The summed E-state index contributed by atoms with van der Waals surface area (Å²) in [5.74, 6) is 0. The summed E-state index contributed by atoms with van der Waals surface area (Å²) in [5, 5.41) is 5.30. The lowest BCUT2D eigenvalue weighted by molar-refractivity contribution is 0.397. The molecule has 1 aliphatic rings. The van der Waals surface area contributed by atoms with Crippen molar-refractivity contribution in [2.75, 3.05) is 6.61 Å². The van der Waals surface area contributed by atoms with Crippen LogP contribution in [0.15, 0.2) is 72.8 Å². The molecule has 142 valence electrons. The zero-order valence-electron chi connectivity index (χ0n) is 17.0. The van der Waals surface area contributed by atoms with Gasteiger partial charge in [0, 0.05) is 0 Å². The Morgan fingerprint density at radius 1 is 0.750 bits per heavy atom. The Labute approximate surface area is 168 Å². The van der Waals surface area contributed by atoms with Gasteiger partial charge in [0.25, 0.3) is 0 Å². The second-order valence-electron chi connectivity index (χ2n) is 7.29. The molecule has 1 nitrogen and oxygen atoms in total. The summed E-state index contributed by atoms with van der Waals surface area (Å²) in [7, 11) is 0. The van der Waals surface area contributed by atoms with Gasteiger partial charge in [-0.1, -0.05) is 86.6 Å². The number of rotatable bonds is 4. The molecule has 1 aliphatic heterocycles. The van der Waals surface area contributed by atoms with Crippen molar-refractivity contribution in [3.05, 3.63) is 83.9 Å². The molecular weight excluding hydrogens is 340 g/mol. The smallest absolute Gasteiger partial charge is 0.0813 e. The summed E-state index contributed by atoms with van der Waals surface area (Å²) < 4.78 is 5.46. The highest BCUT2D eigenvalue weighted by atomic mass is 16.6. The van der Waals surface area contributed by atoms with Gasteiger partial charge in [-0.25, -0.2) is 0 Å². The van der Waals surface area contributed by atoms with Crippen molar-refractivity contribution in [2.24, 2.45) is 0 Å². The summed E-state index contributed by atoms with van der Waals surface area (Å²) in [6.07, 6.45) is 2.63. The molecule has 1 fully saturated rings. The maximum absolute atomic E-state index is 5.46. The SMILES string of the molecule is CC.Cc1ccc2ccccc2c1-c1c(CCC2CO2)ccc2ccccc12. The normalized spacial score (nSPS) is 15.3. The highest BCUT2D eigenvalue weighted by Gasteiger charge is 2.23. The molecule has 0 aromatic heterocycles. The van der Waals surface area contributed by atoms with Gasteiger partial charge in [-0.05, 0) is 63.6 Å². The second kappa shape index (κ2) is 8.16. The predicted octanol–water partition coefficient (Wildman–Crippen LogP) is 7.33. The molecule has 1 unspecified atom stereocenters. The molecule has 1 heteroatoms. The van der Waals surface area contributed by atoms with E-state index >= 15 is 0 Å². The van der Waals surface area contributed by atoms with Crippen LogP contribution in [0.1, 0.15) is 31.4 Å². The van der Waals surface area contributed by atoms with Crippen LogP contribution in [-0.2, 0) is 11.2 Å². The fraction of sp³-hybridized carbons (Fsp3) is 0.259. The Morgan fingerprint density at radius 2 is 1.32 bits per heavy atom. The minimum atomic E-state index is 0.461. The van der Waals surface area contributed by atoms with Gasteiger partial charge in [0.05, 0.1) is 12.7 Å². The Morgan fingerprint density at radius 3 is 1.96 bits per heavy atom. The number of ether oxygens (including phenoxy) is 1. The first-order valence-corrected chi connectivity index (χ1v) is 10.4. The van der Waals surface area contributed by atoms with Crippen LogP contribution >= 0.6 is 0 Å². The number of hydrogen-bond donors (Lipinski definition) is 0. The van der Waals surface area contributed by atoms with Gasteiger partial charge in [-0.3, -0.25) is 0 Å². The van der Waals surface area contributed by atoms with E-state index in [1.807, 2.05) is 13.8 Å². The van der Waals surface area contributed by atoms with Crippen LogP contribution in [0, 0.1) is 6.92 Å². The quantitative estimate of drug-likeness (QED) is 0.344. The minimum Gasteiger partial charge on any atom is -0.373 e. The fourth-order valence-corrected chi connectivity index (χ4v) is 4.08. The molecule has 28 heavy (non-hydrogen) atoms. The van der Waals surface area contributed by atoms with Gasteiger partial charge in [0.15, 0.2) is 0 Å². The van der Waals surface area contributed by atoms with Crippen LogP contribution in [-0.4, -0.2) is 12.7 Å². The van der Waals surface area contributed by atoms with Crippen molar-refractivity contribution in [1.29, 1.82) is 0 Å². The van der Waals surface area contributed by atoms with E-state index in [0.29, 0.717) is 6.10 Å². The summed E-state index contributed by atoms with van der Waals surface area (Å²) in [4.78, 5) is 0. The van der Waals surface area contributed by atoms with E-state index in [4.69, 9.17) is 4.74 Å². The lowest BCUT2D eigenvalue weighted by Crippen LogP contribution is -1.97. The number of benzene rings is 4. The maximum Gasteiger partial charge on any atom is 0.0813 e. The molecule has 0 aliphatic carbocycles. The van der Waals surface area contributed by atoms with Gasteiger partial charge >= 0.3 is 0 Å². The molecule has 0 bridgehead atoms. The molecule has 4 aromatic rings. The topological polar surface area (TPSA) is 12.5 Å². The molecule has 1 heterocycles. The van der Waals surface area contributed by atoms with E-state index < -0.39 is 0 Å². The van der Waals surface area contributed by atoms with Crippen LogP contribution in [0.4, 0.5) is 0 Å². The van der Waals surface area contributed by atoms with Gasteiger partial charge in [-0.2, -0.15) is 0 Å². The lowest BCUT2D eigenvalue weighted by atomic mass is 9.86. The molecule has 0 spiro atoms. The van der Waals surface area contributed by atoms with Gasteiger partial charge in [0.2, 0.25) is 0 Å². The van der Waals surface area contributed by atoms with Crippen molar-refractivity contribution < 1.29 is 4.74 Å². The Bertz CT molecular complexity index is 1110. The molecule has 0 radical (unpaired) electrons. The zero-order valence-corrected chi connectivity index (χ0v) is 17.0. The molecule has 1 atom stereocenters. The molecular formula is C27H28O. The highest BCUT2D eigenvalue weighted by Crippen LogP contribution is 2.39. The van der Waals surface area contributed by atoms with Crippen LogP contribution in [0.5, 0.6) is 0 Å². The lowest BCUT2D eigenvalue weighted by Gasteiger charge is -2.18. The van der Waals surface area contributed by atoms with E-state index in [0.717, 1.165) is 19.4 Å². The molecule has 1 saturated heterocycles. The zero-order chi connectivity index (χ0) is 19.5. The number of aryl methyl sites for hydroxylation is 2. The number of hydrogen-bond acceptors (Lipinski definition) is 1. The number of epoxide rings is 1. The third-order valence-electron chi connectivity index (χ3n) is 5.54. The van der Waals surface area contributed by atoms with Crippen LogP contribution in [0.25, 0.3) is 32.7 Å². The summed E-state index contributed by atoms with van der Waals surface area (Å²) in [6, 6.07) is 26.6. The average Bonchev–Trinajstić information content (AvgIpc) is 3.58. The van der Waals surface area contributed by atoms with Crippen molar-refractivity contribution in [1.82, 2.24) is 0 Å². The first-order valence-electron chi connectivity index (χ1n) is 10.4. The predicted molar refractivity (Wildman–Crippen MR) is 121 cm³/mol. The molecule has 0 saturated carbocycles. The van der Waals surface area contributed by atoms with Crippen LogP contribution < -0.4 is 0 Å².